The number of hydrogen-bond acceptors (Lipinski definition) is 4. The van der Waals surface area contributed by atoms with Gasteiger partial charge >= 0.3 is 0 Å². The molecule has 5 heteroatoms. The van der Waals surface area contributed by atoms with Gasteiger partial charge in [0.25, 0.3) is 5.56 Å². The van der Waals surface area contributed by atoms with Gasteiger partial charge in [-0.25, -0.2) is 4.98 Å². The minimum Gasteiger partial charge on any atom is -0.375 e. The third kappa shape index (κ3) is 2.33. The summed E-state index contributed by atoms with van der Waals surface area (Å²) in [6.07, 6.45) is 2.94. The maximum atomic E-state index is 12.1. The molecule has 1 aliphatic rings. The van der Waals surface area contributed by atoms with E-state index in [0.717, 1.165) is 25.3 Å². The van der Waals surface area contributed by atoms with Gasteiger partial charge < -0.3 is 9.64 Å². The Morgan fingerprint density at radius 3 is 3.21 bits per heavy atom. The lowest BCUT2D eigenvalue weighted by Crippen LogP contribution is -2.43. The highest BCUT2D eigenvalue weighted by Crippen LogP contribution is 2.15. The fraction of sp³-hybridized carbons (Fsp3) is 0.429. The minimum absolute atomic E-state index is 0.0415. The highest BCUT2D eigenvalue weighted by Gasteiger charge is 2.20. The number of nitrogens with zero attached hydrogens (tertiary/aromatic N) is 3. The molecule has 3 heterocycles. The number of morpholine rings is 1. The van der Waals surface area contributed by atoms with Crippen LogP contribution in [0.5, 0.6) is 0 Å². The SMILES string of the molecule is CC[C@@H]1CN(c2cc(=O)n3ccccc3n2)CCO1. The van der Waals surface area contributed by atoms with E-state index in [0.29, 0.717) is 12.3 Å². The van der Waals surface area contributed by atoms with E-state index in [9.17, 15) is 4.79 Å². The Balaban J connectivity index is 1.99. The van der Waals surface area contributed by atoms with Gasteiger partial charge in [-0.1, -0.05) is 13.0 Å². The maximum Gasteiger partial charge on any atom is 0.259 e. The topological polar surface area (TPSA) is 46.8 Å². The Morgan fingerprint density at radius 1 is 1.47 bits per heavy atom. The lowest BCUT2D eigenvalue weighted by Gasteiger charge is -2.33. The summed E-state index contributed by atoms with van der Waals surface area (Å²) in [5.41, 5.74) is 0.643. The van der Waals surface area contributed by atoms with E-state index in [4.69, 9.17) is 4.74 Å². The van der Waals surface area contributed by atoms with Crippen LogP contribution in [0.15, 0.2) is 35.3 Å². The summed E-state index contributed by atoms with van der Waals surface area (Å²) in [5.74, 6) is 0.748. The second-order valence-corrected chi connectivity index (χ2v) is 4.73. The van der Waals surface area contributed by atoms with Crippen molar-refractivity contribution >= 4 is 11.5 Å². The van der Waals surface area contributed by atoms with Gasteiger partial charge in [0.1, 0.15) is 11.5 Å². The van der Waals surface area contributed by atoms with E-state index in [1.54, 1.807) is 16.7 Å². The summed E-state index contributed by atoms with van der Waals surface area (Å²) in [7, 11) is 0. The van der Waals surface area contributed by atoms with Gasteiger partial charge in [0.2, 0.25) is 0 Å². The molecule has 19 heavy (non-hydrogen) atoms. The van der Waals surface area contributed by atoms with Gasteiger partial charge in [0.15, 0.2) is 0 Å². The zero-order chi connectivity index (χ0) is 13.2. The number of hydrogen-bond donors (Lipinski definition) is 0. The smallest absolute Gasteiger partial charge is 0.259 e. The number of pyridine rings is 1. The van der Waals surface area contributed by atoms with Crippen LogP contribution < -0.4 is 10.5 Å². The molecule has 1 atom stereocenters. The Hall–Kier alpha value is -1.88. The van der Waals surface area contributed by atoms with Crippen molar-refractivity contribution in [3.05, 3.63) is 40.8 Å². The Labute approximate surface area is 111 Å². The summed E-state index contributed by atoms with van der Waals surface area (Å²) in [6.45, 7) is 4.38. The zero-order valence-electron chi connectivity index (χ0n) is 11.0. The third-order valence-corrected chi connectivity index (χ3v) is 3.48. The number of anilines is 1. The van der Waals surface area contributed by atoms with Crippen LogP contribution in [0, 0.1) is 0 Å². The summed E-state index contributed by atoms with van der Waals surface area (Å²) >= 11 is 0. The van der Waals surface area contributed by atoms with Crippen molar-refractivity contribution in [3.8, 4) is 0 Å². The van der Waals surface area contributed by atoms with Crippen molar-refractivity contribution in [1.82, 2.24) is 9.38 Å². The van der Waals surface area contributed by atoms with Gasteiger partial charge in [-0.3, -0.25) is 9.20 Å². The number of fused-ring (bicyclic) bond motifs is 1. The maximum absolute atomic E-state index is 12.1. The molecule has 1 saturated heterocycles. The zero-order valence-corrected chi connectivity index (χ0v) is 11.0. The monoisotopic (exact) mass is 259 g/mol. The van der Waals surface area contributed by atoms with Gasteiger partial charge in [-0.15, -0.1) is 0 Å². The van der Waals surface area contributed by atoms with E-state index < -0.39 is 0 Å². The molecule has 1 aliphatic heterocycles. The highest BCUT2D eigenvalue weighted by atomic mass is 16.5. The van der Waals surface area contributed by atoms with E-state index in [-0.39, 0.29) is 11.7 Å². The molecule has 0 amide bonds. The fourth-order valence-electron chi connectivity index (χ4n) is 2.38. The lowest BCUT2D eigenvalue weighted by atomic mass is 10.2. The fourth-order valence-corrected chi connectivity index (χ4v) is 2.38. The molecule has 3 rings (SSSR count). The van der Waals surface area contributed by atoms with E-state index in [1.807, 2.05) is 18.2 Å². The van der Waals surface area contributed by atoms with Gasteiger partial charge in [0, 0.05) is 25.4 Å². The number of aromatic nitrogens is 2. The number of rotatable bonds is 2. The van der Waals surface area contributed by atoms with Gasteiger partial charge in [0.05, 0.1) is 12.7 Å². The van der Waals surface area contributed by atoms with E-state index in [2.05, 4.69) is 16.8 Å². The first kappa shape index (κ1) is 12.2. The second-order valence-electron chi connectivity index (χ2n) is 4.73. The summed E-state index contributed by atoms with van der Waals surface area (Å²) in [6, 6.07) is 7.17. The van der Waals surface area contributed by atoms with Gasteiger partial charge in [-0.05, 0) is 18.6 Å². The highest BCUT2D eigenvalue weighted by molar-refractivity contribution is 5.48. The second kappa shape index (κ2) is 5.01. The average molecular weight is 259 g/mol. The predicted octanol–water partition coefficient (Wildman–Crippen LogP) is 1.31. The molecule has 0 aromatic carbocycles. The lowest BCUT2D eigenvalue weighted by molar-refractivity contribution is 0.0382. The minimum atomic E-state index is -0.0415. The summed E-state index contributed by atoms with van der Waals surface area (Å²) in [5, 5.41) is 0. The molecule has 1 fully saturated rings. The van der Waals surface area contributed by atoms with Crippen LogP contribution in [-0.4, -0.2) is 35.2 Å². The molecular weight excluding hydrogens is 242 g/mol. The standard InChI is InChI=1S/C14H17N3O2/c1-2-11-10-16(7-8-19-11)13-9-14(18)17-6-4-3-5-12(17)15-13/h3-6,9,11H,2,7-8,10H2,1H3/t11-/m1/s1. The van der Waals surface area contributed by atoms with Crippen molar-refractivity contribution in [2.24, 2.45) is 0 Å². The Kier molecular flexibility index (Phi) is 3.21. The first-order valence-electron chi connectivity index (χ1n) is 6.63. The molecule has 0 saturated carbocycles. The molecule has 0 aliphatic carbocycles. The van der Waals surface area contributed by atoms with Gasteiger partial charge in [-0.2, -0.15) is 0 Å². The van der Waals surface area contributed by atoms with Crippen molar-refractivity contribution < 1.29 is 4.74 Å². The molecule has 2 aromatic rings. The molecule has 100 valence electrons. The predicted molar refractivity (Wildman–Crippen MR) is 73.7 cm³/mol. The molecule has 0 spiro atoms. The quantitative estimate of drug-likeness (QED) is 0.816. The molecule has 0 radical (unpaired) electrons. The molecule has 0 unspecified atom stereocenters. The van der Waals surface area contributed by atoms with Crippen molar-refractivity contribution in [1.29, 1.82) is 0 Å². The Morgan fingerprint density at radius 2 is 2.37 bits per heavy atom. The van der Waals surface area contributed by atoms with Crippen molar-refractivity contribution in [2.75, 3.05) is 24.6 Å². The van der Waals surface area contributed by atoms with Crippen LogP contribution >= 0.6 is 0 Å². The van der Waals surface area contributed by atoms with E-state index >= 15 is 0 Å². The van der Waals surface area contributed by atoms with Crippen LogP contribution in [0.4, 0.5) is 5.82 Å². The Bertz CT molecular complexity index is 638. The number of ether oxygens (including phenoxy) is 1. The molecule has 0 N–H and O–H groups in total. The van der Waals surface area contributed by atoms with E-state index in [1.165, 1.54) is 0 Å². The third-order valence-electron chi connectivity index (χ3n) is 3.48. The van der Waals surface area contributed by atoms with Crippen LogP contribution in [0.2, 0.25) is 0 Å². The van der Waals surface area contributed by atoms with Crippen LogP contribution in [0.1, 0.15) is 13.3 Å². The molecule has 5 nitrogen and oxygen atoms in total. The van der Waals surface area contributed by atoms with Crippen LogP contribution in [0.3, 0.4) is 0 Å². The molecule has 0 bridgehead atoms. The van der Waals surface area contributed by atoms with Crippen molar-refractivity contribution in [3.63, 3.8) is 0 Å². The molecular formula is C14H17N3O2. The normalized spacial score (nSPS) is 19.8. The first-order chi connectivity index (χ1) is 9.28. The van der Waals surface area contributed by atoms with Crippen LogP contribution in [-0.2, 0) is 4.74 Å². The van der Waals surface area contributed by atoms with Crippen LogP contribution in [0.25, 0.3) is 5.65 Å². The molecule has 2 aromatic heterocycles. The largest absolute Gasteiger partial charge is 0.375 e. The first-order valence-corrected chi connectivity index (χ1v) is 6.63. The average Bonchev–Trinajstić information content (AvgIpc) is 2.47. The summed E-state index contributed by atoms with van der Waals surface area (Å²) < 4.78 is 7.20. The summed E-state index contributed by atoms with van der Waals surface area (Å²) in [4.78, 5) is 18.8. The van der Waals surface area contributed by atoms with Crippen molar-refractivity contribution in [2.45, 2.75) is 19.4 Å².